The minimum absolute atomic E-state index is 1.21. The number of hydrogen-bond acceptors (Lipinski definition) is 1. The van der Waals surface area contributed by atoms with E-state index in [1.54, 1.807) is 0 Å². The van der Waals surface area contributed by atoms with Crippen LogP contribution in [0, 0.1) is 0 Å². The molecule has 3 aliphatic rings. The molecule has 17 heavy (non-hydrogen) atoms. The maximum Gasteiger partial charge on any atom is 0.104 e. The van der Waals surface area contributed by atoms with Crippen molar-refractivity contribution in [3.63, 3.8) is 0 Å². The van der Waals surface area contributed by atoms with Crippen LogP contribution in [0.5, 0.6) is 0 Å². The zero-order chi connectivity index (χ0) is 11.7. The molecule has 0 aromatic heterocycles. The topological polar surface area (TPSA) is 3.24 Å². The lowest BCUT2D eigenvalue weighted by Gasteiger charge is -2.50. The number of rotatable bonds is 3. The van der Waals surface area contributed by atoms with E-state index in [4.69, 9.17) is 0 Å². The summed E-state index contributed by atoms with van der Waals surface area (Å²) in [4.78, 5) is 2.60. The minimum atomic E-state index is 1.21. The average molecular weight is 229 g/mol. The predicted octanol–water partition coefficient (Wildman–Crippen LogP) is 1.98. The molecule has 0 aliphatic carbocycles. The van der Waals surface area contributed by atoms with Crippen molar-refractivity contribution in [3.05, 3.63) is 42.0 Å². The molecule has 3 saturated heterocycles. The second kappa shape index (κ2) is 4.28. The monoisotopic (exact) mass is 229 g/mol. The standard InChI is InChI=1S/C15H21N2/c1-2-14-3-5-15(6-4-14)13-17-10-7-16(8-11-17)9-12-17/h2-6H,1,7-13H2/q+1. The molecule has 0 unspecified atom stereocenters. The first-order valence-electron chi connectivity index (χ1n) is 6.59. The molecule has 4 rings (SSSR count). The third kappa shape index (κ3) is 2.15. The maximum atomic E-state index is 3.80. The van der Waals surface area contributed by atoms with Gasteiger partial charge in [-0.3, -0.25) is 4.90 Å². The van der Waals surface area contributed by atoms with Crippen molar-refractivity contribution in [2.24, 2.45) is 0 Å². The van der Waals surface area contributed by atoms with Crippen LogP contribution in [0.4, 0.5) is 0 Å². The van der Waals surface area contributed by atoms with Crippen molar-refractivity contribution in [1.29, 1.82) is 0 Å². The van der Waals surface area contributed by atoms with E-state index >= 15 is 0 Å². The Hall–Kier alpha value is -1.12. The lowest BCUT2D eigenvalue weighted by molar-refractivity contribution is -0.953. The highest BCUT2D eigenvalue weighted by molar-refractivity contribution is 5.47. The van der Waals surface area contributed by atoms with E-state index in [9.17, 15) is 0 Å². The van der Waals surface area contributed by atoms with E-state index in [2.05, 4.69) is 35.7 Å². The number of fused-ring (bicyclic) bond motifs is 3. The van der Waals surface area contributed by atoms with Crippen LogP contribution >= 0.6 is 0 Å². The second-order valence-electron chi connectivity index (χ2n) is 5.46. The Morgan fingerprint density at radius 3 is 2.18 bits per heavy atom. The van der Waals surface area contributed by atoms with Crippen molar-refractivity contribution in [2.45, 2.75) is 6.54 Å². The SMILES string of the molecule is C=Cc1ccc(C[N+]23CCN(CC2)CC3)cc1. The molecular formula is C15H21N2+. The largest absolute Gasteiger partial charge is 0.317 e. The summed E-state index contributed by atoms with van der Waals surface area (Å²) in [6.45, 7) is 12.9. The van der Waals surface area contributed by atoms with Gasteiger partial charge in [0, 0.05) is 25.2 Å². The van der Waals surface area contributed by atoms with Crippen molar-refractivity contribution < 1.29 is 4.48 Å². The molecule has 3 heterocycles. The van der Waals surface area contributed by atoms with Crippen LogP contribution in [-0.4, -0.2) is 48.7 Å². The lowest BCUT2D eigenvalue weighted by Crippen LogP contribution is -2.66. The zero-order valence-electron chi connectivity index (χ0n) is 10.4. The summed E-state index contributed by atoms with van der Waals surface area (Å²) in [5.74, 6) is 0. The highest BCUT2D eigenvalue weighted by Crippen LogP contribution is 2.23. The number of hydrogen-bond donors (Lipinski definition) is 0. The van der Waals surface area contributed by atoms with Gasteiger partial charge in [0.05, 0.1) is 19.6 Å². The maximum absolute atomic E-state index is 3.80. The number of benzene rings is 1. The van der Waals surface area contributed by atoms with Gasteiger partial charge >= 0.3 is 0 Å². The summed E-state index contributed by atoms with van der Waals surface area (Å²) >= 11 is 0. The van der Waals surface area contributed by atoms with Crippen LogP contribution < -0.4 is 0 Å². The van der Waals surface area contributed by atoms with Crippen LogP contribution in [0.3, 0.4) is 0 Å². The Kier molecular flexibility index (Phi) is 2.77. The van der Waals surface area contributed by atoms with Gasteiger partial charge in [-0.05, 0) is 5.56 Å². The van der Waals surface area contributed by atoms with Crippen molar-refractivity contribution in [2.75, 3.05) is 39.3 Å². The normalized spacial score (nSPS) is 31.4. The molecule has 2 bridgehead atoms. The molecule has 0 amide bonds. The van der Waals surface area contributed by atoms with Crippen LogP contribution in [0.2, 0.25) is 0 Å². The van der Waals surface area contributed by atoms with Gasteiger partial charge in [-0.15, -0.1) is 0 Å². The quantitative estimate of drug-likeness (QED) is 0.716. The Balaban J connectivity index is 1.74. The van der Waals surface area contributed by atoms with Crippen LogP contribution in [0.25, 0.3) is 6.08 Å². The van der Waals surface area contributed by atoms with E-state index in [0.717, 1.165) is 0 Å². The van der Waals surface area contributed by atoms with Gasteiger partial charge < -0.3 is 4.48 Å². The van der Waals surface area contributed by atoms with Crippen molar-refractivity contribution in [1.82, 2.24) is 4.90 Å². The molecule has 0 atom stereocenters. The van der Waals surface area contributed by atoms with Crippen LogP contribution in [0.15, 0.2) is 30.8 Å². The van der Waals surface area contributed by atoms with Gasteiger partial charge in [0.2, 0.25) is 0 Å². The minimum Gasteiger partial charge on any atom is -0.317 e. The fourth-order valence-electron chi connectivity index (χ4n) is 3.12. The molecule has 1 aromatic rings. The Morgan fingerprint density at radius 2 is 1.65 bits per heavy atom. The predicted molar refractivity (Wildman–Crippen MR) is 71.5 cm³/mol. The number of piperazine rings is 3. The molecule has 1 aromatic carbocycles. The average Bonchev–Trinajstić information content (AvgIpc) is 2.41. The molecule has 90 valence electrons. The molecule has 0 N–H and O–H groups in total. The third-order valence-corrected chi connectivity index (χ3v) is 4.41. The molecule has 3 fully saturated rings. The van der Waals surface area contributed by atoms with E-state index in [0.29, 0.717) is 0 Å². The van der Waals surface area contributed by atoms with E-state index in [1.807, 2.05) is 6.08 Å². The van der Waals surface area contributed by atoms with Gasteiger partial charge in [-0.25, -0.2) is 0 Å². The molecule has 0 radical (unpaired) electrons. The fraction of sp³-hybridized carbons (Fsp3) is 0.467. The summed E-state index contributed by atoms with van der Waals surface area (Å²) < 4.78 is 1.31. The van der Waals surface area contributed by atoms with Crippen molar-refractivity contribution >= 4 is 6.08 Å². The van der Waals surface area contributed by atoms with E-state index < -0.39 is 0 Å². The first-order chi connectivity index (χ1) is 8.30. The Morgan fingerprint density at radius 1 is 1.06 bits per heavy atom. The van der Waals surface area contributed by atoms with Gasteiger partial charge in [0.1, 0.15) is 6.54 Å². The van der Waals surface area contributed by atoms with Crippen LogP contribution in [-0.2, 0) is 6.54 Å². The molecule has 3 aliphatic heterocycles. The zero-order valence-corrected chi connectivity index (χ0v) is 10.4. The lowest BCUT2D eigenvalue weighted by atomic mass is 10.1. The Labute approximate surface area is 104 Å². The second-order valence-corrected chi connectivity index (χ2v) is 5.46. The summed E-state index contributed by atoms with van der Waals surface area (Å²) in [5.41, 5.74) is 2.70. The molecule has 0 spiro atoms. The molecule has 2 heteroatoms. The van der Waals surface area contributed by atoms with Gasteiger partial charge in [0.15, 0.2) is 0 Å². The van der Waals surface area contributed by atoms with Crippen molar-refractivity contribution in [3.8, 4) is 0 Å². The van der Waals surface area contributed by atoms with Crippen LogP contribution in [0.1, 0.15) is 11.1 Å². The summed E-state index contributed by atoms with van der Waals surface area (Å²) in [6, 6.07) is 8.90. The third-order valence-electron chi connectivity index (χ3n) is 4.41. The van der Waals surface area contributed by atoms with E-state index in [1.165, 1.54) is 61.4 Å². The first-order valence-corrected chi connectivity index (χ1v) is 6.59. The van der Waals surface area contributed by atoms with E-state index in [-0.39, 0.29) is 0 Å². The molecular weight excluding hydrogens is 208 g/mol. The molecule has 0 saturated carbocycles. The summed E-state index contributed by atoms with van der Waals surface area (Å²) in [5, 5.41) is 0. The highest BCUT2D eigenvalue weighted by atomic mass is 15.4. The Bertz CT molecular complexity index is 386. The smallest absolute Gasteiger partial charge is 0.104 e. The summed E-state index contributed by atoms with van der Waals surface area (Å²) in [6.07, 6.45) is 1.91. The fourth-order valence-corrected chi connectivity index (χ4v) is 3.12. The van der Waals surface area contributed by atoms with Gasteiger partial charge in [-0.2, -0.15) is 0 Å². The van der Waals surface area contributed by atoms with Gasteiger partial charge in [0.25, 0.3) is 0 Å². The number of nitrogens with zero attached hydrogens (tertiary/aromatic N) is 2. The van der Waals surface area contributed by atoms with Gasteiger partial charge in [-0.1, -0.05) is 36.9 Å². The number of quaternary nitrogens is 1. The first kappa shape index (κ1) is 11.0. The summed E-state index contributed by atoms with van der Waals surface area (Å²) in [7, 11) is 0. The molecule has 2 nitrogen and oxygen atoms in total. The highest BCUT2D eigenvalue weighted by Gasteiger charge is 2.38.